The van der Waals surface area contributed by atoms with Gasteiger partial charge in [-0.05, 0) is 89.9 Å². The van der Waals surface area contributed by atoms with Crippen molar-refractivity contribution in [2.45, 2.75) is 283 Å². The van der Waals surface area contributed by atoms with E-state index in [1.54, 1.807) is 6.08 Å². The molecule has 3 unspecified atom stereocenters. The second-order valence-corrected chi connectivity index (χ2v) is 24.6. The highest BCUT2D eigenvalue weighted by molar-refractivity contribution is 7.47. The maximum absolute atomic E-state index is 13.0. The fraction of sp³-hybridized carbons (Fsp3) is 0.704. The molecular weight excluding hydrogens is 1010 g/mol. The monoisotopic (exact) mass is 1130 g/mol. The van der Waals surface area contributed by atoms with Gasteiger partial charge in [-0.2, -0.15) is 0 Å². The number of hydrogen-bond donors (Lipinski definition) is 3. The number of likely N-dealkylation sites (N-methyl/N-ethyl adjacent to an activating group) is 1. The molecule has 0 heterocycles. The van der Waals surface area contributed by atoms with Crippen molar-refractivity contribution in [3.8, 4) is 0 Å². The average molecular weight is 1130 g/mol. The number of hydrogen-bond acceptors (Lipinski definition) is 5. The third-order valence-electron chi connectivity index (χ3n) is 14.2. The van der Waals surface area contributed by atoms with Gasteiger partial charge in [0.25, 0.3) is 0 Å². The lowest BCUT2D eigenvalue weighted by Crippen LogP contribution is -2.45. The summed E-state index contributed by atoms with van der Waals surface area (Å²) >= 11 is 0. The minimum absolute atomic E-state index is 0.0483. The van der Waals surface area contributed by atoms with Crippen molar-refractivity contribution in [1.29, 1.82) is 0 Å². The third kappa shape index (κ3) is 62.5. The Morgan fingerprint density at radius 3 is 1.10 bits per heavy atom. The van der Waals surface area contributed by atoms with Crippen LogP contribution in [0.1, 0.15) is 271 Å². The molecule has 0 radical (unpaired) electrons. The van der Waals surface area contributed by atoms with Crippen LogP contribution in [-0.2, 0) is 18.4 Å². The lowest BCUT2D eigenvalue weighted by molar-refractivity contribution is -0.870. The zero-order valence-electron chi connectivity index (χ0n) is 52.5. The number of nitrogens with one attached hydrogen (secondary N) is 1. The Kier molecular flexibility index (Phi) is 58.1. The molecule has 8 nitrogen and oxygen atoms in total. The molecule has 0 aromatic heterocycles. The molecule has 0 aliphatic carbocycles. The zero-order chi connectivity index (χ0) is 58.4. The van der Waals surface area contributed by atoms with Gasteiger partial charge in [-0.15, -0.1) is 0 Å². The molecule has 1 amide bonds. The summed E-state index contributed by atoms with van der Waals surface area (Å²) in [6, 6.07) is -0.876. The van der Waals surface area contributed by atoms with Crippen molar-refractivity contribution in [1.82, 2.24) is 5.32 Å². The van der Waals surface area contributed by atoms with Crippen molar-refractivity contribution < 1.29 is 32.9 Å². The molecule has 0 saturated heterocycles. The second-order valence-electron chi connectivity index (χ2n) is 23.1. The van der Waals surface area contributed by atoms with Gasteiger partial charge in [-0.3, -0.25) is 13.8 Å². The highest BCUT2D eigenvalue weighted by Gasteiger charge is 2.27. The highest BCUT2D eigenvalue weighted by atomic mass is 31.2. The van der Waals surface area contributed by atoms with E-state index < -0.39 is 20.0 Å². The summed E-state index contributed by atoms with van der Waals surface area (Å²) < 4.78 is 23.8. The van der Waals surface area contributed by atoms with Crippen LogP contribution < -0.4 is 5.32 Å². The first-order valence-corrected chi connectivity index (χ1v) is 34.4. The number of carbonyl (C=O) groups excluding carboxylic acids is 1. The first kappa shape index (κ1) is 76.9. The Hall–Kier alpha value is -3.10. The fourth-order valence-corrected chi connectivity index (χ4v) is 9.83. The van der Waals surface area contributed by atoms with Crippen LogP contribution in [-0.4, -0.2) is 73.4 Å². The van der Waals surface area contributed by atoms with E-state index in [0.717, 1.165) is 103 Å². The summed E-state index contributed by atoms with van der Waals surface area (Å²) in [7, 11) is 1.54. The Morgan fingerprint density at radius 1 is 0.438 bits per heavy atom. The fourth-order valence-electron chi connectivity index (χ4n) is 9.09. The van der Waals surface area contributed by atoms with Crippen molar-refractivity contribution in [3.05, 3.63) is 122 Å². The van der Waals surface area contributed by atoms with E-state index in [0.29, 0.717) is 17.4 Å². The first-order chi connectivity index (χ1) is 39.0. The SMILES string of the molecule is CC/C=C\C/C=C\C/C=C\C/C=C\C/C=C\C/C=C\C/C=C\C/C=C\C/C=C\CCCCCC(=O)NC(COP(=O)(O)OCC[N+](C)(C)C)C(O)/C=C/CCCCCCCCCCCCCCCCCCCCCCCCCCC. The van der Waals surface area contributed by atoms with Crippen molar-refractivity contribution in [2.75, 3.05) is 40.9 Å². The molecule has 80 heavy (non-hydrogen) atoms. The van der Waals surface area contributed by atoms with Crippen LogP contribution in [0.25, 0.3) is 0 Å². The van der Waals surface area contributed by atoms with E-state index in [4.69, 9.17) is 9.05 Å². The molecule has 0 spiro atoms. The van der Waals surface area contributed by atoms with Crippen LogP contribution in [0.2, 0.25) is 0 Å². The second kappa shape index (κ2) is 60.5. The molecule has 0 rings (SSSR count). The molecular formula is C71H126N2O6P+. The van der Waals surface area contributed by atoms with Gasteiger partial charge in [0.1, 0.15) is 13.2 Å². The molecule has 0 fully saturated rings. The van der Waals surface area contributed by atoms with Crippen LogP contribution in [0.4, 0.5) is 0 Å². The number of carbonyl (C=O) groups is 1. The molecule has 0 bridgehead atoms. The standard InChI is InChI=1S/C71H125N2O6P/c1-6-8-10-12-14-16-18-20-22-24-26-28-30-32-34-35-36-37-39-41-43-45-47-49-51-53-55-57-59-61-63-65-71(75)72-69(68-79-80(76,77)78-67-66-73(3,4)5)70(74)64-62-60-58-56-54-52-50-48-46-44-42-40-38-33-31-29-27-25-23-21-19-17-15-13-11-9-7-2/h8,10,14,16,20,22,26,28,32,34,36-37,41,43,47,49,53,55,62,64,69-70,74H,6-7,9,11-13,15,17-19,21,23-25,27,29-31,33,35,38-40,42,44-46,48,50-52,54,56-61,63,65-68H2,1-5H3,(H-,72,75,76,77)/p+1/b10-8-,16-14-,22-20-,28-26-,34-32-,37-36-,43-41-,49-47-,55-53-,64-62+. The number of aliphatic hydroxyl groups is 1. The molecule has 0 aromatic carbocycles. The zero-order valence-corrected chi connectivity index (χ0v) is 53.4. The van der Waals surface area contributed by atoms with Gasteiger partial charge in [0, 0.05) is 6.42 Å². The summed E-state index contributed by atoms with van der Waals surface area (Å²) in [5, 5.41) is 14.0. The molecule has 9 heteroatoms. The highest BCUT2D eigenvalue weighted by Crippen LogP contribution is 2.43. The number of allylic oxidation sites excluding steroid dienone is 19. The summed E-state index contributed by atoms with van der Waals surface area (Å²) in [5.41, 5.74) is 0. The third-order valence-corrected chi connectivity index (χ3v) is 15.2. The largest absolute Gasteiger partial charge is 0.472 e. The van der Waals surface area contributed by atoms with Gasteiger partial charge in [0.15, 0.2) is 0 Å². The predicted molar refractivity (Wildman–Crippen MR) is 350 cm³/mol. The van der Waals surface area contributed by atoms with Gasteiger partial charge in [0.05, 0.1) is 39.9 Å². The number of unbranched alkanes of at least 4 members (excludes halogenated alkanes) is 28. The number of amides is 1. The van der Waals surface area contributed by atoms with E-state index in [1.165, 1.54) is 148 Å². The van der Waals surface area contributed by atoms with E-state index in [-0.39, 0.29) is 19.1 Å². The van der Waals surface area contributed by atoms with Gasteiger partial charge < -0.3 is 19.8 Å². The lowest BCUT2D eigenvalue weighted by Gasteiger charge is -2.25. The number of phosphoric ester groups is 1. The molecule has 0 aromatic rings. The van der Waals surface area contributed by atoms with E-state index >= 15 is 0 Å². The Balaban J connectivity index is 4.26. The predicted octanol–water partition coefficient (Wildman–Crippen LogP) is 20.9. The molecule has 3 N–H and O–H groups in total. The normalized spacial score (nSPS) is 14.5. The first-order valence-electron chi connectivity index (χ1n) is 32.9. The van der Waals surface area contributed by atoms with Gasteiger partial charge in [-0.25, -0.2) is 4.57 Å². The van der Waals surface area contributed by atoms with Crippen LogP contribution in [0.3, 0.4) is 0 Å². The summed E-state index contributed by atoms with van der Waals surface area (Å²) in [5.74, 6) is -0.211. The van der Waals surface area contributed by atoms with Crippen LogP contribution >= 0.6 is 7.82 Å². The molecule has 3 atom stereocenters. The number of rotatable bonds is 59. The van der Waals surface area contributed by atoms with Crippen molar-refractivity contribution in [3.63, 3.8) is 0 Å². The Labute approximate surface area is 494 Å². The van der Waals surface area contributed by atoms with Gasteiger partial charge in [0.2, 0.25) is 5.91 Å². The quantitative estimate of drug-likeness (QED) is 0.0243. The maximum Gasteiger partial charge on any atom is 0.472 e. The van der Waals surface area contributed by atoms with Gasteiger partial charge in [-0.1, -0.05) is 296 Å². The number of aliphatic hydroxyl groups excluding tert-OH is 1. The number of phosphoric acid groups is 1. The molecule has 0 aliphatic rings. The van der Waals surface area contributed by atoms with Crippen molar-refractivity contribution >= 4 is 13.7 Å². The summed E-state index contributed by atoms with van der Waals surface area (Å²) in [6.45, 7) is 4.69. The van der Waals surface area contributed by atoms with Crippen LogP contribution in [0.5, 0.6) is 0 Å². The van der Waals surface area contributed by atoms with E-state index in [2.05, 4.69) is 129 Å². The lowest BCUT2D eigenvalue weighted by atomic mass is 10.0. The van der Waals surface area contributed by atoms with Crippen LogP contribution in [0.15, 0.2) is 122 Å². The smallest absolute Gasteiger partial charge is 0.387 e. The summed E-state index contributed by atoms with van der Waals surface area (Å²) in [4.78, 5) is 23.4. The minimum Gasteiger partial charge on any atom is -0.387 e. The molecule has 0 saturated carbocycles. The van der Waals surface area contributed by atoms with E-state index in [1.807, 2.05) is 27.2 Å². The van der Waals surface area contributed by atoms with Crippen LogP contribution in [0, 0.1) is 0 Å². The number of quaternary nitrogens is 1. The van der Waals surface area contributed by atoms with Gasteiger partial charge >= 0.3 is 7.82 Å². The molecule has 460 valence electrons. The topological polar surface area (TPSA) is 105 Å². The minimum atomic E-state index is -4.37. The maximum atomic E-state index is 13.0. The Morgan fingerprint density at radius 2 is 0.750 bits per heavy atom. The van der Waals surface area contributed by atoms with Crippen molar-refractivity contribution in [2.24, 2.45) is 0 Å². The average Bonchev–Trinajstić information content (AvgIpc) is 3.42. The molecule has 0 aliphatic heterocycles. The Bertz CT molecular complexity index is 1720. The number of nitrogens with zero attached hydrogens (tertiary/aromatic N) is 1. The summed E-state index contributed by atoms with van der Waals surface area (Å²) in [6.07, 6.45) is 90.4. The van der Waals surface area contributed by atoms with E-state index in [9.17, 15) is 19.4 Å².